The number of likely N-dealkylation sites (tertiary alicyclic amines) is 1. The van der Waals surface area contributed by atoms with E-state index in [0.29, 0.717) is 42.9 Å². The monoisotopic (exact) mass is 593 g/mol. The maximum absolute atomic E-state index is 13.8. The Bertz CT molecular complexity index is 1830. The van der Waals surface area contributed by atoms with Crippen LogP contribution in [0, 0.1) is 11.7 Å². The number of furan rings is 1. The quantitative estimate of drug-likeness (QED) is 0.191. The minimum absolute atomic E-state index is 0.00323. The molecule has 3 heterocycles. The van der Waals surface area contributed by atoms with Crippen LogP contribution in [0.15, 0.2) is 89.5 Å². The van der Waals surface area contributed by atoms with E-state index < -0.39 is 0 Å². The number of pyridine rings is 1. The van der Waals surface area contributed by atoms with Crippen molar-refractivity contribution < 1.29 is 18.4 Å². The minimum atomic E-state index is -0.314. The topological polar surface area (TPSA) is 89.4 Å². The van der Waals surface area contributed by atoms with Gasteiger partial charge in [0.05, 0.1) is 5.38 Å². The number of carbonyl (C=O) groups excluding carboxylic acids is 2. The summed E-state index contributed by atoms with van der Waals surface area (Å²) >= 11 is 6.04. The van der Waals surface area contributed by atoms with Crippen molar-refractivity contribution in [1.29, 1.82) is 0 Å². The summed E-state index contributed by atoms with van der Waals surface area (Å²) < 4.78 is 20.1. The molecule has 7 rings (SSSR count). The lowest BCUT2D eigenvalue weighted by Crippen LogP contribution is -2.50. The largest absolute Gasteiger partial charge is 0.460 e. The molecule has 8 heteroatoms. The summed E-state index contributed by atoms with van der Waals surface area (Å²) in [7, 11) is 0. The van der Waals surface area contributed by atoms with Gasteiger partial charge in [-0.3, -0.25) is 9.59 Å². The smallest absolute Gasteiger partial charge is 0.253 e. The van der Waals surface area contributed by atoms with Crippen LogP contribution in [0.1, 0.15) is 40.4 Å². The van der Waals surface area contributed by atoms with Crippen molar-refractivity contribution in [2.24, 2.45) is 5.92 Å². The third-order valence-corrected chi connectivity index (χ3v) is 8.75. The highest BCUT2D eigenvalue weighted by atomic mass is 35.5. The van der Waals surface area contributed by atoms with Gasteiger partial charge in [-0.1, -0.05) is 30.3 Å². The first-order valence-corrected chi connectivity index (χ1v) is 14.9. The van der Waals surface area contributed by atoms with Gasteiger partial charge in [-0.2, -0.15) is 0 Å². The highest BCUT2D eigenvalue weighted by Crippen LogP contribution is 2.48. The van der Waals surface area contributed by atoms with E-state index in [9.17, 15) is 14.0 Å². The predicted molar refractivity (Wildman–Crippen MR) is 165 cm³/mol. The average Bonchev–Trinajstić information content (AvgIpc) is 3.70. The number of nitrogens with two attached hydrogens (primary N) is 1. The normalized spacial score (nSPS) is 18.0. The lowest BCUT2D eigenvalue weighted by Gasteiger charge is -2.35. The van der Waals surface area contributed by atoms with Gasteiger partial charge in [0.15, 0.2) is 0 Å². The number of rotatable bonds is 8. The van der Waals surface area contributed by atoms with Crippen LogP contribution >= 0.6 is 11.6 Å². The summed E-state index contributed by atoms with van der Waals surface area (Å²) in [5.74, 6) is 1.28. The van der Waals surface area contributed by atoms with Crippen LogP contribution in [0.3, 0.4) is 0 Å². The average molecular weight is 594 g/mol. The number of fused-ring (bicyclic) bond motifs is 1. The number of aryl methyl sites for hydroxylation is 1. The lowest BCUT2D eigenvalue weighted by molar-refractivity contribution is -0.120. The van der Waals surface area contributed by atoms with Gasteiger partial charge < -0.3 is 15.1 Å². The Morgan fingerprint density at radius 2 is 1.70 bits per heavy atom. The number of aromatic nitrogens is 1. The summed E-state index contributed by atoms with van der Waals surface area (Å²) in [6.45, 7) is 1.13. The number of alkyl halides is 1. The Kier molecular flexibility index (Phi) is 6.98. The molecule has 1 aliphatic carbocycles. The number of amides is 1. The first-order chi connectivity index (χ1) is 20.8. The number of carbonyl (C=O) groups is 2. The molecule has 2 N–H and O–H groups in total. The molecule has 0 spiro atoms. The van der Waals surface area contributed by atoms with Gasteiger partial charge >= 0.3 is 0 Å². The molecule has 1 aliphatic heterocycles. The predicted octanol–water partition coefficient (Wildman–Crippen LogP) is 7.25. The van der Waals surface area contributed by atoms with Crippen molar-refractivity contribution in [3.63, 3.8) is 0 Å². The third-order valence-electron chi connectivity index (χ3n) is 8.47. The fourth-order valence-corrected chi connectivity index (χ4v) is 6.24. The van der Waals surface area contributed by atoms with Gasteiger partial charge in [-0.15, -0.1) is 11.6 Å². The van der Waals surface area contributed by atoms with E-state index in [-0.39, 0.29) is 34.7 Å². The first kappa shape index (κ1) is 27.3. The second-order valence-electron chi connectivity index (χ2n) is 11.5. The molecule has 6 nitrogen and oxygen atoms in total. The van der Waals surface area contributed by atoms with Gasteiger partial charge in [0.25, 0.3) is 5.91 Å². The second kappa shape index (κ2) is 11.0. The number of Topliss-reactive ketones (excluding diaryl/α,β-unsaturated/α-hetero) is 1. The van der Waals surface area contributed by atoms with Crippen molar-refractivity contribution in [2.45, 2.75) is 30.6 Å². The molecule has 1 amide bonds. The molecule has 2 aliphatic rings. The fraction of sp³-hybridized carbons (Fsp3) is 0.229. The molecule has 216 valence electrons. The molecular formula is C35H29ClFN3O3. The van der Waals surface area contributed by atoms with Crippen LogP contribution in [0.25, 0.3) is 33.2 Å². The summed E-state index contributed by atoms with van der Waals surface area (Å²) in [6, 6.07) is 23.6. The molecule has 5 aromatic rings. The van der Waals surface area contributed by atoms with Gasteiger partial charge in [-0.25, -0.2) is 9.37 Å². The molecule has 0 radical (unpaired) electrons. The Labute approximate surface area is 253 Å². The van der Waals surface area contributed by atoms with Crippen LogP contribution in [-0.2, 0) is 11.2 Å². The molecule has 2 atom stereocenters. The van der Waals surface area contributed by atoms with Crippen molar-refractivity contribution in [2.75, 3.05) is 18.8 Å². The van der Waals surface area contributed by atoms with Crippen LogP contribution in [-0.4, -0.2) is 40.0 Å². The van der Waals surface area contributed by atoms with Crippen LogP contribution in [0.4, 0.5) is 10.2 Å². The zero-order valence-corrected chi connectivity index (χ0v) is 24.1. The minimum Gasteiger partial charge on any atom is -0.460 e. The zero-order chi connectivity index (χ0) is 29.7. The van der Waals surface area contributed by atoms with Crippen molar-refractivity contribution in [1.82, 2.24) is 9.88 Å². The SMILES string of the molecule is Nc1ccc([C@H]2C[C@@H]2C(=O)CCc2cc3cc(-c4ccc(C(=O)N5CC(Cl)C5)cc4)cc(-c4ccc(F)cc4)c3o2)cn1. The molecule has 2 fully saturated rings. The van der Waals surface area contributed by atoms with E-state index in [0.717, 1.165) is 45.4 Å². The van der Waals surface area contributed by atoms with E-state index in [1.54, 1.807) is 29.3 Å². The second-order valence-corrected chi connectivity index (χ2v) is 12.1. The van der Waals surface area contributed by atoms with E-state index in [4.69, 9.17) is 21.8 Å². The maximum atomic E-state index is 13.8. The highest BCUT2D eigenvalue weighted by molar-refractivity contribution is 6.22. The van der Waals surface area contributed by atoms with E-state index >= 15 is 0 Å². The number of ketones is 1. The van der Waals surface area contributed by atoms with E-state index in [1.807, 2.05) is 48.5 Å². The summed E-state index contributed by atoms with van der Waals surface area (Å²) in [5, 5.41) is 0.918. The number of nitrogens with zero attached hydrogens (tertiary/aromatic N) is 2. The number of hydrogen-bond donors (Lipinski definition) is 1. The Hall–Kier alpha value is -4.49. The lowest BCUT2D eigenvalue weighted by atomic mass is 9.96. The van der Waals surface area contributed by atoms with Crippen molar-refractivity contribution >= 4 is 40.1 Å². The summed E-state index contributed by atoms with van der Waals surface area (Å²) in [4.78, 5) is 31.6. The maximum Gasteiger partial charge on any atom is 0.253 e. The Balaban J connectivity index is 1.14. The van der Waals surface area contributed by atoms with Gasteiger partial charge in [-0.05, 0) is 83.1 Å². The zero-order valence-electron chi connectivity index (χ0n) is 23.3. The van der Waals surface area contributed by atoms with Crippen molar-refractivity contribution in [3.05, 3.63) is 108 Å². The Morgan fingerprint density at radius 3 is 2.40 bits per heavy atom. The van der Waals surface area contributed by atoms with Crippen LogP contribution < -0.4 is 5.73 Å². The van der Waals surface area contributed by atoms with E-state index in [2.05, 4.69) is 4.98 Å². The highest BCUT2D eigenvalue weighted by Gasteiger charge is 2.43. The summed E-state index contributed by atoms with van der Waals surface area (Å²) in [6.07, 6.45) is 3.47. The van der Waals surface area contributed by atoms with Gasteiger partial charge in [0.1, 0.15) is 28.8 Å². The molecule has 1 saturated heterocycles. The third kappa shape index (κ3) is 5.53. The molecule has 43 heavy (non-hydrogen) atoms. The molecular weight excluding hydrogens is 565 g/mol. The van der Waals surface area contributed by atoms with Gasteiger partial charge in [0.2, 0.25) is 0 Å². The number of nitrogen functional groups attached to an aromatic ring is 1. The molecule has 1 saturated carbocycles. The Morgan fingerprint density at radius 1 is 0.953 bits per heavy atom. The summed E-state index contributed by atoms with van der Waals surface area (Å²) in [5.41, 5.74) is 11.6. The van der Waals surface area contributed by atoms with Crippen LogP contribution in [0.2, 0.25) is 0 Å². The molecule has 0 unspecified atom stereocenters. The van der Waals surface area contributed by atoms with E-state index in [1.165, 1.54) is 12.1 Å². The number of benzene rings is 3. The molecule has 3 aromatic carbocycles. The van der Waals surface area contributed by atoms with Crippen LogP contribution in [0.5, 0.6) is 0 Å². The number of halogens is 2. The fourth-order valence-electron chi connectivity index (χ4n) is 5.91. The number of anilines is 1. The number of hydrogen-bond acceptors (Lipinski definition) is 5. The standard InChI is InChI=1S/C35H29ClFN3O3/c36-26-18-40(19-26)35(42)22-3-1-20(2-4-22)24-13-25-14-28(43-34(25)30(15-24)21-5-8-27(37)9-6-21)10-11-32(41)31-16-29(31)23-7-12-33(38)39-17-23/h1-9,12-15,17,26,29,31H,10-11,16,18-19H2,(H2,38,39)/t29-,31+/m1/s1. The van der Waals surface area contributed by atoms with Crippen molar-refractivity contribution in [3.8, 4) is 22.3 Å². The molecule has 0 bridgehead atoms. The first-order valence-electron chi connectivity index (χ1n) is 14.4. The van der Waals surface area contributed by atoms with Gasteiger partial charge in [0, 0.05) is 54.6 Å². The molecule has 2 aromatic heterocycles.